The number of aryl methyl sites for hydroxylation is 1. The third kappa shape index (κ3) is 1.44. The first-order valence-corrected chi connectivity index (χ1v) is 6.43. The number of halogens is 1. The van der Waals surface area contributed by atoms with E-state index in [1.54, 1.807) is 0 Å². The molecule has 0 bridgehead atoms. The summed E-state index contributed by atoms with van der Waals surface area (Å²) in [4.78, 5) is 2.45. The number of fused-ring (bicyclic) bond motifs is 1. The predicted molar refractivity (Wildman–Crippen MR) is 69.9 cm³/mol. The molecule has 1 aromatic heterocycles. The number of hydrogen-bond donors (Lipinski definition) is 0. The van der Waals surface area contributed by atoms with E-state index in [1.165, 1.54) is 42.5 Å². The van der Waals surface area contributed by atoms with Gasteiger partial charge in [-0.25, -0.2) is 0 Å². The third-order valence-electron chi connectivity index (χ3n) is 3.25. The Balaban J connectivity index is 2.23. The summed E-state index contributed by atoms with van der Waals surface area (Å²) in [5, 5.41) is 5.63. The monoisotopic (exact) mass is 279 g/mol. The van der Waals surface area contributed by atoms with Gasteiger partial charge in [0.2, 0.25) is 0 Å². The molecule has 0 aliphatic carbocycles. The van der Waals surface area contributed by atoms with Crippen molar-refractivity contribution in [1.29, 1.82) is 0 Å². The fourth-order valence-electron chi connectivity index (χ4n) is 2.49. The average Bonchev–Trinajstić information content (AvgIpc) is 2.88. The summed E-state index contributed by atoms with van der Waals surface area (Å²) >= 11 is 3.51. The largest absolute Gasteiger partial charge is 0.370 e. The van der Waals surface area contributed by atoms with Gasteiger partial charge < -0.3 is 4.90 Å². The molecule has 3 nitrogen and oxygen atoms in total. The maximum Gasteiger partial charge on any atom is 0.136 e. The van der Waals surface area contributed by atoms with E-state index < -0.39 is 0 Å². The van der Waals surface area contributed by atoms with Gasteiger partial charge in [0, 0.05) is 25.5 Å². The van der Waals surface area contributed by atoms with Crippen LogP contribution in [0.1, 0.15) is 12.8 Å². The lowest BCUT2D eigenvalue weighted by atomic mass is 10.2. The Morgan fingerprint density at radius 1 is 1.25 bits per heavy atom. The first-order chi connectivity index (χ1) is 7.77. The molecule has 84 valence electrons. The highest BCUT2D eigenvalue weighted by molar-refractivity contribution is 9.10. The summed E-state index contributed by atoms with van der Waals surface area (Å²) in [6.45, 7) is 2.34. The Morgan fingerprint density at radius 3 is 2.75 bits per heavy atom. The molecule has 16 heavy (non-hydrogen) atoms. The van der Waals surface area contributed by atoms with Crippen LogP contribution in [0.25, 0.3) is 10.9 Å². The van der Waals surface area contributed by atoms with E-state index in [-0.39, 0.29) is 0 Å². The van der Waals surface area contributed by atoms with Crippen molar-refractivity contribution in [2.24, 2.45) is 7.05 Å². The zero-order valence-corrected chi connectivity index (χ0v) is 10.9. The van der Waals surface area contributed by atoms with E-state index in [0.29, 0.717) is 0 Å². The van der Waals surface area contributed by atoms with Crippen LogP contribution in [-0.2, 0) is 7.05 Å². The normalized spacial score (nSPS) is 16.2. The molecule has 0 amide bonds. The molecular weight excluding hydrogens is 266 g/mol. The van der Waals surface area contributed by atoms with Crippen LogP contribution in [0.2, 0.25) is 0 Å². The van der Waals surface area contributed by atoms with E-state index in [2.05, 4.69) is 44.1 Å². The molecule has 0 spiro atoms. The number of nitrogens with zero attached hydrogens (tertiary/aromatic N) is 3. The van der Waals surface area contributed by atoms with Crippen LogP contribution < -0.4 is 4.90 Å². The Hall–Kier alpha value is -1.03. The predicted octanol–water partition coefficient (Wildman–Crippen LogP) is 2.94. The molecule has 1 saturated heterocycles. The summed E-state index contributed by atoms with van der Waals surface area (Å²) in [5.74, 6) is 0. The minimum atomic E-state index is 0.936. The molecule has 2 heterocycles. The number of hydrogen-bond acceptors (Lipinski definition) is 2. The van der Waals surface area contributed by atoms with Crippen LogP contribution in [0.15, 0.2) is 22.8 Å². The number of aromatic nitrogens is 2. The Labute approximate surface area is 103 Å². The highest BCUT2D eigenvalue weighted by Crippen LogP contribution is 2.32. The van der Waals surface area contributed by atoms with Crippen LogP contribution in [0.5, 0.6) is 0 Å². The lowest BCUT2D eigenvalue weighted by molar-refractivity contribution is 0.785. The molecule has 1 fully saturated rings. The smallest absolute Gasteiger partial charge is 0.136 e. The first-order valence-electron chi connectivity index (χ1n) is 5.63. The molecule has 3 rings (SSSR count). The van der Waals surface area contributed by atoms with Crippen molar-refractivity contribution in [3.05, 3.63) is 22.8 Å². The number of anilines is 1. The van der Waals surface area contributed by atoms with E-state index in [9.17, 15) is 0 Å². The molecule has 4 heteroatoms. The zero-order chi connectivity index (χ0) is 11.1. The lowest BCUT2D eigenvalue weighted by Gasteiger charge is -2.18. The highest BCUT2D eigenvalue weighted by Gasteiger charge is 2.17. The minimum absolute atomic E-state index is 0.936. The fraction of sp³-hybridized carbons (Fsp3) is 0.417. The van der Waals surface area contributed by atoms with E-state index in [4.69, 9.17) is 0 Å². The summed E-state index contributed by atoms with van der Waals surface area (Å²) in [6, 6.07) is 6.43. The van der Waals surface area contributed by atoms with Gasteiger partial charge in [0.25, 0.3) is 0 Å². The van der Waals surface area contributed by atoms with E-state index in [0.717, 1.165) is 4.60 Å². The van der Waals surface area contributed by atoms with Gasteiger partial charge in [0.1, 0.15) is 4.60 Å². The summed E-state index contributed by atoms with van der Waals surface area (Å²) in [5.41, 5.74) is 2.55. The molecule has 0 radical (unpaired) electrons. The van der Waals surface area contributed by atoms with Crippen molar-refractivity contribution in [3.63, 3.8) is 0 Å². The second-order valence-corrected chi connectivity index (χ2v) is 5.03. The molecule has 0 N–H and O–H groups in total. The standard InChI is InChI=1S/C12H14BrN3/c1-15-11-9(12(13)14-15)5-4-6-10(11)16-7-2-3-8-16/h4-6H,2-3,7-8H2,1H3. The van der Waals surface area contributed by atoms with Gasteiger partial charge in [-0.2, -0.15) is 5.10 Å². The quantitative estimate of drug-likeness (QED) is 0.800. The highest BCUT2D eigenvalue weighted by atomic mass is 79.9. The first kappa shape index (κ1) is 10.1. The van der Waals surface area contributed by atoms with Crippen LogP contribution >= 0.6 is 15.9 Å². The van der Waals surface area contributed by atoms with Crippen LogP contribution in [0.3, 0.4) is 0 Å². The Bertz CT molecular complexity index is 526. The molecule has 0 atom stereocenters. The van der Waals surface area contributed by atoms with Crippen molar-refractivity contribution >= 4 is 32.5 Å². The second-order valence-electron chi connectivity index (χ2n) is 4.28. The van der Waals surface area contributed by atoms with Crippen LogP contribution in [0, 0.1) is 0 Å². The van der Waals surface area contributed by atoms with Crippen molar-refractivity contribution in [1.82, 2.24) is 9.78 Å². The van der Waals surface area contributed by atoms with Gasteiger partial charge in [-0.3, -0.25) is 4.68 Å². The number of benzene rings is 1. The third-order valence-corrected chi connectivity index (χ3v) is 3.83. The van der Waals surface area contributed by atoms with E-state index in [1.807, 2.05) is 11.7 Å². The Kier molecular flexibility index (Phi) is 2.39. The SMILES string of the molecule is Cn1nc(Br)c2cccc(N3CCCC3)c21. The molecule has 1 aliphatic rings. The maximum atomic E-state index is 4.43. The Morgan fingerprint density at radius 2 is 2.00 bits per heavy atom. The maximum absolute atomic E-state index is 4.43. The summed E-state index contributed by atoms with van der Waals surface area (Å²) in [6.07, 6.45) is 2.60. The molecule has 0 unspecified atom stereocenters. The van der Waals surface area contributed by atoms with Crippen LogP contribution in [-0.4, -0.2) is 22.9 Å². The molecule has 1 aliphatic heterocycles. The minimum Gasteiger partial charge on any atom is -0.370 e. The van der Waals surface area contributed by atoms with Gasteiger partial charge in [-0.1, -0.05) is 6.07 Å². The van der Waals surface area contributed by atoms with Gasteiger partial charge >= 0.3 is 0 Å². The summed E-state index contributed by atoms with van der Waals surface area (Å²) < 4.78 is 2.90. The summed E-state index contributed by atoms with van der Waals surface area (Å²) in [7, 11) is 2.01. The van der Waals surface area contributed by atoms with Gasteiger partial charge in [-0.15, -0.1) is 0 Å². The molecule has 2 aromatic rings. The number of rotatable bonds is 1. The second kappa shape index (κ2) is 3.77. The molecule has 1 aromatic carbocycles. The fourth-order valence-corrected chi connectivity index (χ4v) is 3.04. The van der Waals surface area contributed by atoms with Crippen molar-refractivity contribution in [3.8, 4) is 0 Å². The van der Waals surface area contributed by atoms with Crippen molar-refractivity contribution < 1.29 is 0 Å². The van der Waals surface area contributed by atoms with Crippen molar-refractivity contribution in [2.45, 2.75) is 12.8 Å². The van der Waals surface area contributed by atoms with Gasteiger partial charge in [0.05, 0.1) is 11.2 Å². The molecular formula is C12H14BrN3. The van der Waals surface area contributed by atoms with Gasteiger partial charge in [0.15, 0.2) is 0 Å². The van der Waals surface area contributed by atoms with Crippen molar-refractivity contribution in [2.75, 3.05) is 18.0 Å². The molecule has 0 saturated carbocycles. The van der Waals surface area contributed by atoms with Crippen LogP contribution in [0.4, 0.5) is 5.69 Å². The topological polar surface area (TPSA) is 21.1 Å². The lowest BCUT2D eigenvalue weighted by Crippen LogP contribution is -2.18. The van der Waals surface area contributed by atoms with E-state index >= 15 is 0 Å². The van der Waals surface area contributed by atoms with Gasteiger partial charge in [-0.05, 0) is 40.9 Å². The average molecular weight is 280 g/mol. The zero-order valence-electron chi connectivity index (χ0n) is 9.28. The number of para-hydroxylation sites is 1.